The first kappa shape index (κ1) is 20.7. The van der Waals surface area contributed by atoms with Crippen molar-refractivity contribution in [2.24, 2.45) is 0 Å². The van der Waals surface area contributed by atoms with Crippen LogP contribution in [0, 0.1) is 0 Å². The molecule has 1 heterocycles. The van der Waals surface area contributed by atoms with Crippen LogP contribution in [-0.4, -0.2) is 48.8 Å². The molecule has 2 aromatic carbocycles. The van der Waals surface area contributed by atoms with Crippen LogP contribution in [0.2, 0.25) is 5.02 Å². The molecule has 1 N–H and O–H groups in total. The van der Waals surface area contributed by atoms with Gasteiger partial charge >= 0.3 is 0 Å². The number of ether oxygens (including phenoxy) is 1. The molecule has 7 heteroatoms. The van der Waals surface area contributed by atoms with Gasteiger partial charge in [-0.15, -0.1) is 11.8 Å². The van der Waals surface area contributed by atoms with Crippen LogP contribution < -0.4 is 5.32 Å². The number of thioether (sulfide) groups is 1. The first-order valence-corrected chi connectivity index (χ1v) is 10.6. The third-order valence-corrected chi connectivity index (χ3v) is 5.71. The summed E-state index contributed by atoms with van der Waals surface area (Å²) in [6.45, 7) is 2.24. The summed E-state index contributed by atoms with van der Waals surface area (Å²) in [6.07, 6.45) is 1.15. The molecule has 2 amide bonds. The molecule has 0 saturated carbocycles. The second-order valence-corrected chi connectivity index (χ2v) is 8.01. The number of morpholine rings is 1. The normalized spacial score (nSPS) is 14.0. The van der Waals surface area contributed by atoms with Crippen molar-refractivity contribution in [2.75, 3.05) is 37.4 Å². The molecule has 0 atom stereocenters. The molecule has 1 aliphatic heterocycles. The summed E-state index contributed by atoms with van der Waals surface area (Å²) >= 11 is 7.57. The maximum Gasteiger partial charge on any atom is 0.256 e. The third-order valence-electron chi connectivity index (χ3n) is 4.36. The maximum atomic E-state index is 12.7. The minimum atomic E-state index is -0.0843. The van der Waals surface area contributed by atoms with Crippen molar-refractivity contribution in [1.82, 2.24) is 4.90 Å². The van der Waals surface area contributed by atoms with Crippen LogP contribution in [0.3, 0.4) is 0 Å². The predicted molar refractivity (Wildman–Crippen MR) is 113 cm³/mol. The number of nitrogens with zero attached hydrogens (tertiary/aromatic N) is 1. The molecule has 3 rings (SSSR count). The number of para-hydroxylation sites is 1. The van der Waals surface area contributed by atoms with E-state index < -0.39 is 0 Å². The molecular formula is C21H23ClN2O3S. The van der Waals surface area contributed by atoms with E-state index in [1.54, 1.807) is 28.8 Å². The van der Waals surface area contributed by atoms with Crippen molar-refractivity contribution < 1.29 is 14.3 Å². The fraction of sp³-hybridized carbons (Fsp3) is 0.333. The van der Waals surface area contributed by atoms with Gasteiger partial charge in [0.05, 0.1) is 24.5 Å². The van der Waals surface area contributed by atoms with Gasteiger partial charge in [-0.3, -0.25) is 9.59 Å². The molecule has 1 fully saturated rings. The molecule has 1 aliphatic rings. The first-order chi connectivity index (χ1) is 13.6. The Morgan fingerprint density at radius 3 is 2.54 bits per heavy atom. The van der Waals surface area contributed by atoms with Crippen molar-refractivity contribution in [3.63, 3.8) is 0 Å². The van der Waals surface area contributed by atoms with Crippen LogP contribution in [0.25, 0.3) is 0 Å². The van der Waals surface area contributed by atoms with Gasteiger partial charge in [-0.2, -0.15) is 0 Å². The topological polar surface area (TPSA) is 58.6 Å². The van der Waals surface area contributed by atoms with Crippen molar-refractivity contribution in [3.05, 3.63) is 59.1 Å². The number of carbonyl (C=O) groups excluding carboxylic acids is 2. The van der Waals surface area contributed by atoms with Crippen LogP contribution >= 0.6 is 23.4 Å². The summed E-state index contributed by atoms with van der Waals surface area (Å²) in [7, 11) is 0. The first-order valence-electron chi connectivity index (χ1n) is 9.28. The third kappa shape index (κ3) is 5.99. The molecule has 0 radical (unpaired) electrons. The van der Waals surface area contributed by atoms with Gasteiger partial charge in [0.2, 0.25) is 5.91 Å². The van der Waals surface area contributed by atoms with Gasteiger partial charge in [-0.05, 0) is 48.6 Å². The number of amides is 2. The Hall–Kier alpha value is -2.02. The molecule has 0 aliphatic carbocycles. The number of benzene rings is 2. The van der Waals surface area contributed by atoms with Gasteiger partial charge in [0.15, 0.2) is 0 Å². The average molecular weight is 419 g/mol. The lowest BCUT2D eigenvalue weighted by atomic mass is 10.1. The summed E-state index contributed by atoms with van der Waals surface area (Å²) in [5, 5.41) is 3.61. The lowest BCUT2D eigenvalue weighted by molar-refractivity contribution is -0.116. The summed E-state index contributed by atoms with van der Waals surface area (Å²) in [4.78, 5) is 28.0. The number of rotatable bonds is 7. The Bertz CT molecular complexity index is 808. The van der Waals surface area contributed by atoms with Crippen LogP contribution in [-0.2, 0) is 9.53 Å². The van der Waals surface area contributed by atoms with E-state index in [9.17, 15) is 9.59 Å². The zero-order chi connectivity index (χ0) is 19.8. The highest BCUT2D eigenvalue weighted by atomic mass is 35.5. The highest BCUT2D eigenvalue weighted by Crippen LogP contribution is 2.22. The number of anilines is 1. The molecule has 5 nitrogen and oxygen atoms in total. The summed E-state index contributed by atoms with van der Waals surface area (Å²) in [5.74, 6) is 0.681. The van der Waals surface area contributed by atoms with Crippen molar-refractivity contribution in [1.29, 1.82) is 0 Å². The molecule has 0 aromatic heterocycles. The smallest absolute Gasteiger partial charge is 0.256 e. The molecule has 0 bridgehead atoms. The van der Waals surface area contributed by atoms with Gasteiger partial charge in [-0.1, -0.05) is 23.7 Å². The Morgan fingerprint density at radius 2 is 1.79 bits per heavy atom. The number of nitrogens with one attached hydrogen (secondary N) is 1. The number of carbonyl (C=O) groups is 2. The second kappa shape index (κ2) is 10.5. The van der Waals surface area contributed by atoms with E-state index in [-0.39, 0.29) is 11.8 Å². The Labute approximate surface area is 174 Å². The highest BCUT2D eigenvalue weighted by molar-refractivity contribution is 7.99. The minimum absolute atomic E-state index is 0.0718. The van der Waals surface area contributed by atoms with Gasteiger partial charge in [0.1, 0.15) is 0 Å². The summed E-state index contributed by atoms with van der Waals surface area (Å²) in [6, 6.07) is 14.8. The van der Waals surface area contributed by atoms with Crippen molar-refractivity contribution in [3.8, 4) is 0 Å². The maximum absolute atomic E-state index is 12.7. The number of hydrogen-bond acceptors (Lipinski definition) is 4. The molecule has 0 spiro atoms. The van der Waals surface area contributed by atoms with Gasteiger partial charge in [0.25, 0.3) is 5.91 Å². The lowest BCUT2D eigenvalue weighted by Gasteiger charge is -2.27. The zero-order valence-electron chi connectivity index (χ0n) is 15.5. The second-order valence-electron chi connectivity index (χ2n) is 6.40. The SMILES string of the molecule is O=C(CCCSc1ccc(Cl)cc1)Nc1ccccc1C(=O)N1CCOCC1. The molecule has 1 saturated heterocycles. The van der Waals surface area contributed by atoms with E-state index in [0.717, 1.165) is 17.1 Å². The molecule has 148 valence electrons. The lowest BCUT2D eigenvalue weighted by Crippen LogP contribution is -2.41. The number of hydrogen-bond donors (Lipinski definition) is 1. The Morgan fingerprint density at radius 1 is 1.07 bits per heavy atom. The van der Waals surface area contributed by atoms with Crippen LogP contribution in [0.1, 0.15) is 23.2 Å². The van der Waals surface area contributed by atoms with E-state index in [2.05, 4.69) is 5.32 Å². The van der Waals surface area contributed by atoms with E-state index in [1.165, 1.54) is 0 Å². The quantitative estimate of drug-likeness (QED) is 0.537. The highest BCUT2D eigenvalue weighted by Gasteiger charge is 2.21. The zero-order valence-corrected chi connectivity index (χ0v) is 17.1. The van der Waals surface area contributed by atoms with Crippen molar-refractivity contribution in [2.45, 2.75) is 17.7 Å². The minimum Gasteiger partial charge on any atom is -0.378 e. The predicted octanol–water partition coefficient (Wildman–Crippen LogP) is 4.32. The summed E-state index contributed by atoms with van der Waals surface area (Å²) < 4.78 is 5.30. The average Bonchev–Trinajstić information content (AvgIpc) is 2.73. The molecule has 0 unspecified atom stereocenters. The molecular weight excluding hydrogens is 396 g/mol. The fourth-order valence-corrected chi connectivity index (χ4v) is 3.86. The standard InChI is InChI=1S/C21H23ClN2O3S/c22-16-7-9-17(10-8-16)28-15-3-6-20(25)23-19-5-2-1-4-18(19)21(26)24-11-13-27-14-12-24/h1-2,4-5,7-10H,3,6,11-15H2,(H,23,25). The van der Waals surface area contributed by atoms with Gasteiger partial charge < -0.3 is 15.0 Å². The van der Waals surface area contributed by atoms with Gasteiger partial charge in [0, 0.05) is 29.4 Å². The van der Waals surface area contributed by atoms with E-state index in [4.69, 9.17) is 16.3 Å². The summed E-state index contributed by atoms with van der Waals surface area (Å²) in [5.41, 5.74) is 1.09. The van der Waals surface area contributed by atoms with Crippen LogP contribution in [0.5, 0.6) is 0 Å². The van der Waals surface area contributed by atoms with Crippen molar-refractivity contribution >= 4 is 40.9 Å². The largest absolute Gasteiger partial charge is 0.378 e. The van der Waals surface area contributed by atoms with Gasteiger partial charge in [-0.25, -0.2) is 0 Å². The fourth-order valence-electron chi connectivity index (χ4n) is 2.88. The monoisotopic (exact) mass is 418 g/mol. The van der Waals surface area contributed by atoms with E-state index >= 15 is 0 Å². The molecule has 2 aromatic rings. The van der Waals surface area contributed by atoms with E-state index in [0.29, 0.717) is 49.0 Å². The Balaban J connectivity index is 1.49. The number of halogens is 1. The molecule has 28 heavy (non-hydrogen) atoms. The van der Waals surface area contributed by atoms with E-state index in [1.807, 2.05) is 36.4 Å². The van der Waals surface area contributed by atoms with Crippen LogP contribution in [0.15, 0.2) is 53.4 Å². The Kier molecular flexibility index (Phi) is 7.77. The van der Waals surface area contributed by atoms with Crippen LogP contribution in [0.4, 0.5) is 5.69 Å².